The van der Waals surface area contributed by atoms with Crippen molar-refractivity contribution in [1.82, 2.24) is 25.0 Å². The summed E-state index contributed by atoms with van der Waals surface area (Å²) in [7, 11) is 0. The monoisotopic (exact) mass is 391 g/mol. The molecule has 10 nitrogen and oxygen atoms in total. The van der Waals surface area contributed by atoms with Gasteiger partial charge < -0.3 is 22.1 Å². The molecule has 0 bridgehead atoms. The molecule has 0 saturated heterocycles. The zero-order valence-electron chi connectivity index (χ0n) is 15.6. The number of nitrogens with zero attached hydrogens (tertiary/aromatic N) is 5. The molecule has 0 unspecified atom stereocenters. The molecule has 1 aliphatic carbocycles. The van der Waals surface area contributed by atoms with E-state index < -0.39 is 5.91 Å². The third-order valence-electron chi connectivity index (χ3n) is 4.58. The standard InChI is InChI=1S/C19H21N9O/c20-15-6-1-2-7-16(15)26-19-22-11-14(17(21)29)18(27-19)25-12-4-3-5-13(10-12)28-23-8-9-24-28/h2-5,7-11,15-16H,1,6,20H2,(H2,21,29)(H2,22,25,26,27)/t15-,16+/m0/s1. The van der Waals surface area contributed by atoms with Crippen LogP contribution in [0.4, 0.5) is 17.5 Å². The number of benzene rings is 1. The number of amides is 1. The minimum atomic E-state index is -0.627. The summed E-state index contributed by atoms with van der Waals surface area (Å²) in [5, 5.41) is 14.6. The van der Waals surface area contributed by atoms with Gasteiger partial charge in [-0.05, 0) is 31.0 Å². The number of aromatic nitrogens is 5. The van der Waals surface area contributed by atoms with E-state index in [1.54, 1.807) is 12.4 Å². The second-order valence-corrected chi connectivity index (χ2v) is 6.65. The van der Waals surface area contributed by atoms with Gasteiger partial charge in [0.2, 0.25) is 5.95 Å². The van der Waals surface area contributed by atoms with Crippen molar-refractivity contribution >= 4 is 23.4 Å². The summed E-state index contributed by atoms with van der Waals surface area (Å²) < 4.78 is 0. The average molecular weight is 391 g/mol. The molecule has 10 heteroatoms. The molecule has 148 valence electrons. The van der Waals surface area contributed by atoms with Crippen LogP contribution in [0.1, 0.15) is 23.2 Å². The van der Waals surface area contributed by atoms with Gasteiger partial charge in [-0.15, -0.1) is 0 Å². The Hall–Kier alpha value is -3.79. The van der Waals surface area contributed by atoms with Crippen molar-refractivity contribution in [3.63, 3.8) is 0 Å². The molecule has 2 atom stereocenters. The Morgan fingerprint density at radius 3 is 2.83 bits per heavy atom. The summed E-state index contributed by atoms with van der Waals surface area (Å²) >= 11 is 0. The van der Waals surface area contributed by atoms with Crippen molar-refractivity contribution in [2.24, 2.45) is 11.5 Å². The van der Waals surface area contributed by atoms with Crippen LogP contribution in [0, 0.1) is 0 Å². The van der Waals surface area contributed by atoms with E-state index in [1.165, 1.54) is 11.0 Å². The zero-order chi connectivity index (χ0) is 20.2. The maximum Gasteiger partial charge on any atom is 0.254 e. The molecule has 0 aliphatic heterocycles. The number of carbonyl (C=O) groups is 1. The second-order valence-electron chi connectivity index (χ2n) is 6.65. The van der Waals surface area contributed by atoms with E-state index in [9.17, 15) is 4.79 Å². The van der Waals surface area contributed by atoms with Gasteiger partial charge in [0.05, 0.1) is 24.1 Å². The third-order valence-corrected chi connectivity index (χ3v) is 4.58. The molecular formula is C19H21N9O. The summed E-state index contributed by atoms with van der Waals surface area (Å²) in [6.07, 6.45) is 10.5. The third kappa shape index (κ3) is 4.22. The lowest BCUT2D eigenvalue weighted by molar-refractivity contribution is 0.100. The van der Waals surface area contributed by atoms with Crippen molar-refractivity contribution in [2.45, 2.75) is 24.9 Å². The number of allylic oxidation sites excluding steroid dienone is 1. The van der Waals surface area contributed by atoms with Crippen LogP contribution >= 0.6 is 0 Å². The number of primary amides is 1. The summed E-state index contributed by atoms with van der Waals surface area (Å²) in [6, 6.07) is 7.27. The minimum Gasteiger partial charge on any atom is -0.365 e. The molecule has 0 radical (unpaired) electrons. The average Bonchev–Trinajstić information content (AvgIpc) is 3.25. The lowest BCUT2D eigenvalue weighted by Crippen LogP contribution is -2.40. The first-order valence-corrected chi connectivity index (χ1v) is 9.19. The first kappa shape index (κ1) is 18.6. The highest BCUT2D eigenvalue weighted by molar-refractivity contribution is 5.98. The number of anilines is 3. The number of hydrogen-bond acceptors (Lipinski definition) is 8. The van der Waals surface area contributed by atoms with Crippen LogP contribution in [0.2, 0.25) is 0 Å². The van der Waals surface area contributed by atoms with Crippen molar-refractivity contribution in [3.05, 3.63) is 60.6 Å². The molecule has 0 saturated carbocycles. The molecule has 3 aromatic rings. The smallest absolute Gasteiger partial charge is 0.254 e. The largest absolute Gasteiger partial charge is 0.365 e. The van der Waals surface area contributed by atoms with Crippen molar-refractivity contribution < 1.29 is 4.79 Å². The number of rotatable bonds is 6. The van der Waals surface area contributed by atoms with Crippen LogP contribution in [0.25, 0.3) is 5.69 Å². The van der Waals surface area contributed by atoms with Crippen LogP contribution in [0.5, 0.6) is 0 Å². The van der Waals surface area contributed by atoms with Gasteiger partial charge in [-0.3, -0.25) is 4.79 Å². The summed E-state index contributed by atoms with van der Waals surface area (Å²) in [5.41, 5.74) is 13.3. The van der Waals surface area contributed by atoms with Gasteiger partial charge >= 0.3 is 0 Å². The topological polar surface area (TPSA) is 150 Å². The Labute approximate surface area is 167 Å². The van der Waals surface area contributed by atoms with E-state index in [4.69, 9.17) is 11.5 Å². The molecule has 1 amide bonds. The zero-order valence-corrected chi connectivity index (χ0v) is 15.6. The van der Waals surface area contributed by atoms with Crippen LogP contribution < -0.4 is 22.1 Å². The van der Waals surface area contributed by atoms with Gasteiger partial charge in [-0.2, -0.15) is 20.0 Å². The predicted octanol–water partition coefficient (Wildman–Crippen LogP) is 1.36. The fourth-order valence-corrected chi connectivity index (χ4v) is 3.08. The van der Waals surface area contributed by atoms with E-state index in [2.05, 4.69) is 36.9 Å². The Morgan fingerprint density at radius 2 is 2.07 bits per heavy atom. The fourth-order valence-electron chi connectivity index (χ4n) is 3.08. The quantitative estimate of drug-likeness (QED) is 0.460. The normalized spacial score (nSPS) is 18.4. The van der Waals surface area contributed by atoms with Gasteiger partial charge in [0.25, 0.3) is 5.91 Å². The van der Waals surface area contributed by atoms with Crippen molar-refractivity contribution in [3.8, 4) is 5.69 Å². The lowest BCUT2D eigenvalue weighted by Gasteiger charge is -2.25. The molecule has 1 aromatic carbocycles. The Bertz CT molecular complexity index is 1030. The molecule has 4 rings (SSSR count). The highest BCUT2D eigenvalue weighted by atomic mass is 16.1. The maximum absolute atomic E-state index is 11.8. The van der Waals surface area contributed by atoms with Crippen LogP contribution in [0.3, 0.4) is 0 Å². The van der Waals surface area contributed by atoms with Gasteiger partial charge in [-0.1, -0.05) is 18.2 Å². The van der Waals surface area contributed by atoms with E-state index in [1.807, 2.05) is 30.3 Å². The number of nitrogens with one attached hydrogen (secondary N) is 2. The van der Waals surface area contributed by atoms with Gasteiger partial charge in [0, 0.05) is 17.9 Å². The summed E-state index contributed by atoms with van der Waals surface area (Å²) in [5.74, 6) is 0.0292. The van der Waals surface area contributed by atoms with E-state index in [0.29, 0.717) is 17.5 Å². The Kier molecular flexibility index (Phi) is 5.16. The van der Waals surface area contributed by atoms with Crippen LogP contribution in [0.15, 0.2) is 55.0 Å². The minimum absolute atomic E-state index is 0.0333. The number of nitrogens with two attached hydrogens (primary N) is 2. The molecule has 29 heavy (non-hydrogen) atoms. The highest BCUT2D eigenvalue weighted by Crippen LogP contribution is 2.22. The number of hydrogen-bond donors (Lipinski definition) is 4. The fraction of sp³-hybridized carbons (Fsp3) is 0.211. The molecule has 0 fully saturated rings. The van der Waals surface area contributed by atoms with Gasteiger partial charge in [0.15, 0.2) is 0 Å². The highest BCUT2D eigenvalue weighted by Gasteiger charge is 2.20. The second kappa shape index (κ2) is 8.07. The summed E-state index contributed by atoms with van der Waals surface area (Å²) in [4.78, 5) is 22.0. The van der Waals surface area contributed by atoms with E-state index in [0.717, 1.165) is 18.5 Å². The lowest BCUT2D eigenvalue weighted by atomic mass is 9.98. The Balaban J connectivity index is 1.61. The maximum atomic E-state index is 11.8. The SMILES string of the molecule is NC(=O)c1cnc(N[C@@H]2C=CCC[C@@H]2N)nc1Nc1cccc(-n2nccn2)c1. The summed E-state index contributed by atoms with van der Waals surface area (Å²) in [6.45, 7) is 0. The molecule has 2 heterocycles. The predicted molar refractivity (Wildman–Crippen MR) is 109 cm³/mol. The van der Waals surface area contributed by atoms with Crippen molar-refractivity contribution in [1.29, 1.82) is 0 Å². The van der Waals surface area contributed by atoms with Crippen molar-refractivity contribution in [2.75, 3.05) is 10.6 Å². The van der Waals surface area contributed by atoms with Crippen LogP contribution in [-0.4, -0.2) is 43.0 Å². The number of carbonyl (C=O) groups excluding carboxylic acids is 1. The Morgan fingerprint density at radius 1 is 1.24 bits per heavy atom. The molecular weight excluding hydrogens is 370 g/mol. The first-order valence-electron chi connectivity index (χ1n) is 9.19. The molecule has 6 N–H and O–H groups in total. The van der Waals surface area contributed by atoms with E-state index in [-0.39, 0.29) is 17.6 Å². The van der Waals surface area contributed by atoms with Gasteiger partial charge in [0.1, 0.15) is 11.4 Å². The van der Waals surface area contributed by atoms with E-state index >= 15 is 0 Å². The van der Waals surface area contributed by atoms with Crippen LogP contribution in [-0.2, 0) is 0 Å². The van der Waals surface area contributed by atoms with Gasteiger partial charge in [-0.25, -0.2) is 4.98 Å². The molecule has 0 spiro atoms. The molecule has 2 aromatic heterocycles. The first-order chi connectivity index (χ1) is 14.1. The molecule has 1 aliphatic rings.